The molecular formula is C20H26N2O6S. The Morgan fingerprint density at radius 1 is 1.34 bits per heavy atom. The molecule has 3 rings (SSSR count). The van der Waals surface area contributed by atoms with Crippen LogP contribution in [-0.4, -0.2) is 67.8 Å². The molecule has 0 bridgehead atoms. The quantitative estimate of drug-likeness (QED) is 0.642. The third-order valence-corrected chi connectivity index (χ3v) is 7.12. The molecule has 2 atom stereocenters. The first-order valence-electron chi connectivity index (χ1n) is 9.84. The lowest BCUT2D eigenvalue weighted by atomic mass is 10.1. The van der Waals surface area contributed by atoms with Gasteiger partial charge in [-0.05, 0) is 44.9 Å². The van der Waals surface area contributed by atoms with Crippen molar-refractivity contribution in [2.45, 2.75) is 45.3 Å². The van der Waals surface area contributed by atoms with Crippen LogP contribution in [0.2, 0.25) is 0 Å². The molecule has 8 nitrogen and oxygen atoms in total. The van der Waals surface area contributed by atoms with Crippen molar-refractivity contribution in [1.82, 2.24) is 4.90 Å². The number of esters is 1. The first kappa shape index (κ1) is 21.3. The van der Waals surface area contributed by atoms with E-state index in [1.165, 1.54) is 11.8 Å². The Kier molecular flexibility index (Phi) is 6.26. The third-order valence-electron chi connectivity index (χ3n) is 5.37. The van der Waals surface area contributed by atoms with Gasteiger partial charge in [0.15, 0.2) is 15.9 Å². The lowest BCUT2D eigenvalue weighted by molar-refractivity contribution is -0.141. The monoisotopic (exact) mass is 422 g/mol. The molecule has 2 aliphatic heterocycles. The van der Waals surface area contributed by atoms with Crippen molar-refractivity contribution in [1.29, 1.82) is 0 Å². The first-order valence-corrected chi connectivity index (χ1v) is 11.7. The molecule has 0 radical (unpaired) electrons. The number of hydrogen-bond acceptors (Lipinski definition) is 6. The van der Waals surface area contributed by atoms with Crippen LogP contribution in [0.1, 0.15) is 43.5 Å². The van der Waals surface area contributed by atoms with E-state index in [1.807, 2.05) is 0 Å². The maximum atomic E-state index is 12.8. The highest BCUT2D eigenvalue weighted by molar-refractivity contribution is 7.91. The Morgan fingerprint density at radius 2 is 2.10 bits per heavy atom. The molecule has 1 aromatic carbocycles. The molecule has 2 amide bonds. The Bertz CT molecular complexity index is 913. The van der Waals surface area contributed by atoms with E-state index in [2.05, 4.69) is 0 Å². The zero-order valence-corrected chi connectivity index (χ0v) is 17.5. The molecule has 2 heterocycles. The molecule has 0 saturated carbocycles. The maximum absolute atomic E-state index is 12.8. The number of anilines is 1. The van der Waals surface area contributed by atoms with Gasteiger partial charge in [0.05, 0.1) is 17.1 Å². The number of nitrogens with zero attached hydrogens (tertiary/aromatic N) is 2. The zero-order valence-electron chi connectivity index (χ0n) is 16.7. The largest absolute Gasteiger partial charge is 0.449 e. The van der Waals surface area contributed by atoms with Gasteiger partial charge >= 0.3 is 5.97 Å². The molecule has 0 N–H and O–H groups in total. The van der Waals surface area contributed by atoms with Crippen molar-refractivity contribution in [3.05, 3.63) is 29.8 Å². The summed E-state index contributed by atoms with van der Waals surface area (Å²) in [6.07, 6.45) is 0.629. The number of benzene rings is 1. The van der Waals surface area contributed by atoms with E-state index in [1.54, 1.807) is 36.1 Å². The Balaban J connectivity index is 1.66. The highest BCUT2D eigenvalue weighted by Crippen LogP contribution is 2.23. The average molecular weight is 423 g/mol. The molecule has 2 saturated heterocycles. The SMILES string of the molecule is CCN(C(=O)[C@@H](C)OC(=O)c1cccc(N2CCCC2=O)c1)[C@H]1CCS(=O)(=O)C1. The van der Waals surface area contributed by atoms with Crippen molar-refractivity contribution >= 4 is 33.3 Å². The third kappa shape index (κ3) is 4.77. The Hall–Kier alpha value is -2.42. The lowest BCUT2D eigenvalue weighted by Crippen LogP contribution is -2.46. The van der Waals surface area contributed by atoms with Gasteiger partial charge in [0.2, 0.25) is 5.91 Å². The predicted octanol–water partition coefficient (Wildman–Crippen LogP) is 1.39. The summed E-state index contributed by atoms with van der Waals surface area (Å²) >= 11 is 0. The van der Waals surface area contributed by atoms with Crippen LogP contribution in [0.25, 0.3) is 0 Å². The second-order valence-electron chi connectivity index (χ2n) is 7.43. The van der Waals surface area contributed by atoms with E-state index < -0.39 is 27.8 Å². The number of carbonyl (C=O) groups excluding carboxylic acids is 3. The minimum Gasteiger partial charge on any atom is -0.449 e. The first-order chi connectivity index (χ1) is 13.7. The van der Waals surface area contributed by atoms with Crippen molar-refractivity contribution in [3.8, 4) is 0 Å². The summed E-state index contributed by atoms with van der Waals surface area (Å²) < 4.78 is 28.8. The second-order valence-corrected chi connectivity index (χ2v) is 9.66. The molecule has 2 aliphatic rings. The number of rotatable bonds is 6. The van der Waals surface area contributed by atoms with Gasteiger partial charge in [-0.25, -0.2) is 13.2 Å². The van der Waals surface area contributed by atoms with Gasteiger partial charge in [-0.2, -0.15) is 0 Å². The highest BCUT2D eigenvalue weighted by atomic mass is 32.2. The van der Waals surface area contributed by atoms with E-state index >= 15 is 0 Å². The zero-order chi connectivity index (χ0) is 21.2. The molecule has 29 heavy (non-hydrogen) atoms. The summed E-state index contributed by atoms with van der Waals surface area (Å²) in [5, 5.41) is 0. The van der Waals surface area contributed by atoms with Gasteiger partial charge in [-0.15, -0.1) is 0 Å². The summed E-state index contributed by atoms with van der Waals surface area (Å²) in [5.41, 5.74) is 0.889. The molecule has 0 spiro atoms. The van der Waals surface area contributed by atoms with Gasteiger partial charge in [0.1, 0.15) is 0 Å². The Morgan fingerprint density at radius 3 is 2.69 bits per heavy atom. The summed E-state index contributed by atoms with van der Waals surface area (Å²) in [6.45, 7) is 4.21. The van der Waals surface area contributed by atoms with E-state index in [9.17, 15) is 22.8 Å². The smallest absolute Gasteiger partial charge is 0.338 e. The van der Waals surface area contributed by atoms with Crippen molar-refractivity contribution in [2.75, 3.05) is 29.5 Å². The van der Waals surface area contributed by atoms with Crippen LogP contribution in [-0.2, 0) is 24.2 Å². The molecule has 0 aliphatic carbocycles. The molecule has 0 unspecified atom stereocenters. The lowest BCUT2D eigenvalue weighted by Gasteiger charge is -2.29. The topological polar surface area (TPSA) is 101 Å². The summed E-state index contributed by atoms with van der Waals surface area (Å²) in [7, 11) is -3.13. The number of sulfone groups is 1. The number of hydrogen-bond donors (Lipinski definition) is 0. The fraction of sp³-hybridized carbons (Fsp3) is 0.550. The number of amides is 2. The summed E-state index contributed by atoms with van der Waals surface area (Å²) in [6, 6.07) is 6.21. The standard InChI is InChI=1S/C20H26N2O6S/c1-3-21(17-9-11-29(26,27)13-17)19(24)14(2)28-20(25)15-6-4-7-16(12-15)22-10-5-8-18(22)23/h4,6-7,12,14,17H,3,5,8-11,13H2,1-2H3/t14-,17+/m1/s1. The fourth-order valence-corrected chi connectivity index (χ4v) is 5.58. The fourth-order valence-electron chi connectivity index (χ4n) is 3.85. The summed E-state index contributed by atoms with van der Waals surface area (Å²) in [5.74, 6) is -1.04. The molecule has 2 fully saturated rings. The summed E-state index contributed by atoms with van der Waals surface area (Å²) in [4.78, 5) is 40.3. The predicted molar refractivity (Wildman–Crippen MR) is 107 cm³/mol. The van der Waals surface area contributed by atoms with Crippen LogP contribution < -0.4 is 4.90 Å². The van der Waals surface area contributed by atoms with Crippen LogP contribution in [0.15, 0.2) is 24.3 Å². The van der Waals surface area contributed by atoms with Crippen LogP contribution in [0.4, 0.5) is 5.69 Å². The van der Waals surface area contributed by atoms with E-state index in [0.717, 1.165) is 6.42 Å². The average Bonchev–Trinajstić information content (AvgIpc) is 3.27. The van der Waals surface area contributed by atoms with Gasteiger partial charge < -0.3 is 14.5 Å². The number of carbonyl (C=O) groups is 3. The van der Waals surface area contributed by atoms with Gasteiger partial charge in [0, 0.05) is 31.2 Å². The van der Waals surface area contributed by atoms with Gasteiger partial charge in [-0.1, -0.05) is 6.07 Å². The normalized spacial score (nSPS) is 21.8. The number of ether oxygens (including phenoxy) is 1. The molecule has 158 valence electrons. The molecule has 0 aromatic heterocycles. The van der Waals surface area contributed by atoms with E-state index in [-0.39, 0.29) is 29.0 Å². The van der Waals surface area contributed by atoms with E-state index in [4.69, 9.17) is 4.74 Å². The van der Waals surface area contributed by atoms with Crippen LogP contribution in [0.3, 0.4) is 0 Å². The molecule has 1 aromatic rings. The minimum atomic E-state index is -3.13. The Labute approximate surface area is 170 Å². The minimum absolute atomic E-state index is 0.0177. The van der Waals surface area contributed by atoms with Gasteiger partial charge in [0.25, 0.3) is 5.91 Å². The second kappa shape index (κ2) is 8.52. The van der Waals surface area contributed by atoms with Crippen LogP contribution >= 0.6 is 0 Å². The van der Waals surface area contributed by atoms with Gasteiger partial charge in [-0.3, -0.25) is 9.59 Å². The molecule has 9 heteroatoms. The highest BCUT2D eigenvalue weighted by Gasteiger charge is 2.36. The van der Waals surface area contributed by atoms with Crippen molar-refractivity contribution in [3.63, 3.8) is 0 Å². The van der Waals surface area contributed by atoms with Crippen LogP contribution in [0, 0.1) is 0 Å². The maximum Gasteiger partial charge on any atom is 0.338 e. The van der Waals surface area contributed by atoms with Crippen molar-refractivity contribution < 1.29 is 27.5 Å². The number of likely N-dealkylation sites (N-methyl/N-ethyl adjacent to an activating group) is 1. The van der Waals surface area contributed by atoms with Crippen molar-refractivity contribution in [2.24, 2.45) is 0 Å². The van der Waals surface area contributed by atoms with E-state index in [0.29, 0.717) is 31.6 Å². The van der Waals surface area contributed by atoms with Crippen LogP contribution in [0.5, 0.6) is 0 Å². The molecular weight excluding hydrogens is 396 g/mol.